The third-order valence-corrected chi connectivity index (χ3v) is 5.07. The quantitative estimate of drug-likeness (QED) is 0.243. The second-order valence-corrected chi connectivity index (χ2v) is 8.03. The predicted octanol–water partition coefficient (Wildman–Crippen LogP) is 3.19. The molecule has 1 N–H and O–H groups in total. The van der Waals surface area contributed by atoms with E-state index in [1.54, 1.807) is 0 Å². The Balaban J connectivity index is -0.000000775. The Labute approximate surface area is 237 Å². The van der Waals surface area contributed by atoms with Crippen LogP contribution in [0.2, 0.25) is 0 Å². The fourth-order valence-corrected chi connectivity index (χ4v) is 2.46. The fraction of sp³-hybridized carbons (Fsp3) is 0.842. The van der Waals surface area contributed by atoms with Crippen molar-refractivity contribution < 1.29 is 90.5 Å². The first-order valence-electron chi connectivity index (χ1n) is 10.5. The summed E-state index contributed by atoms with van der Waals surface area (Å²) in [7, 11) is 0. The summed E-state index contributed by atoms with van der Waals surface area (Å²) >= 11 is 0. The molecule has 0 rings (SSSR count). The Kier molecular flexibility index (Phi) is 15.5. The van der Waals surface area contributed by atoms with Crippen LogP contribution >= 0.6 is 0 Å². The first-order valence-corrected chi connectivity index (χ1v) is 10.5. The number of aliphatic carboxylic acids is 2. The van der Waals surface area contributed by atoms with Crippen molar-refractivity contribution >= 4 is 40.9 Å². The topological polar surface area (TPSA) is 109 Å². The van der Waals surface area contributed by atoms with Gasteiger partial charge in [-0.05, 0) is 19.8 Å². The number of carboxylic acid groups (broad SMARTS) is 2. The Hall–Kier alpha value is -1.87. The number of unbranched alkanes of at least 4 members (excludes halogenated alkanes) is 1. The normalized spacial score (nSPS) is 15.1. The molecule has 41 heavy (non-hydrogen) atoms. The van der Waals surface area contributed by atoms with E-state index in [-0.39, 0.29) is 34.9 Å². The maximum atomic E-state index is 12.8. The number of hydrogen-bond donors (Lipinski definition) is 1. The van der Waals surface area contributed by atoms with Crippen molar-refractivity contribution in [1.29, 1.82) is 0 Å². The first kappa shape index (κ1) is 43.6. The summed E-state index contributed by atoms with van der Waals surface area (Å²) in [5.74, 6) is -54.8. The molecule has 238 valence electrons. The molecule has 0 fully saturated rings. The van der Waals surface area contributed by atoms with Gasteiger partial charge in [0.25, 0.3) is 0 Å². The molecule has 1 amide bonds. The average molecular weight is 652 g/mol. The van der Waals surface area contributed by atoms with Gasteiger partial charge in [-0.15, -0.1) is 0 Å². The molecule has 0 radical (unpaired) electrons. The van der Waals surface area contributed by atoms with Gasteiger partial charge < -0.3 is 25.1 Å². The van der Waals surface area contributed by atoms with E-state index in [4.69, 9.17) is 0 Å². The minimum Gasteiger partial charge on any atom is -0.548 e. The van der Waals surface area contributed by atoms with Gasteiger partial charge in [-0.25, -0.2) is 0 Å². The van der Waals surface area contributed by atoms with E-state index in [1.807, 2.05) is 6.92 Å². The van der Waals surface area contributed by atoms with E-state index in [2.05, 4.69) is 12.2 Å². The average Bonchev–Trinajstić information content (AvgIpc) is 2.78. The Morgan fingerprint density at radius 1 is 0.683 bits per heavy atom. The van der Waals surface area contributed by atoms with E-state index in [1.165, 1.54) is 6.92 Å². The fourth-order valence-electron chi connectivity index (χ4n) is 2.46. The second-order valence-electron chi connectivity index (χ2n) is 8.03. The Morgan fingerprint density at radius 2 is 1.05 bits per heavy atom. The van der Waals surface area contributed by atoms with Crippen LogP contribution in [-0.4, -0.2) is 88.7 Å². The molecule has 0 bridgehead atoms. The van der Waals surface area contributed by atoms with Crippen LogP contribution in [0.25, 0.3) is 0 Å². The maximum Gasteiger partial charge on any atom is 2.00 e. The predicted molar refractivity (Wildman–Crippen MR) is 102 cm³/mol. The Morgan fingerprint density at radius 3 is 1.34 bits per heavy atom. The number of alkyl halides is 15. The van der Waals surface area contributed by atoms with Crippen molar-refractivity contribution in [3.8, 4) is 0 Å². The van der Waals surface area contributed by atoms with Gasteiger partial charge in [0.1, 0.15) is 5.97 Å². The summed E-state index contributed by atoms with van der Waals surface area (Å²) in [4.78, 5) is 31.6. The maximum absolute atomic E-state index is 12.8. The van der Waals surface area contributed by atoms with Crippen molar-refractivity contribution in [3.05, 3.63) is 0 Å². The largest absolute Gasteiger partial charge is 2.00 e. The van der Waals surface area contributed by atoms with Crippen LogP contribution in [0.3, 0.4) is 0 Å². The zero-order chi connectivity index (χ0) is 32.9. The molecule has 0 spiro atoms. The molecule has 0 saturated carbocycles. The molecule has 6 nitrogen and oxygen atoms in total. The number of carboxylic acids is 2. The number of rotatable bonds is 13. The minimum atomic E-state index is -8.50. The van der Waals surface area contributed by atoms with E-state index >= 15 is 0 Å². The number of carbonyl (C=O) groups is 3. The molecule has 0 aliphatic heterocycles. The molecule has 0 heterocycles. The number of halogens is 15. The first-order chi connectivity index (χ1) is 17.5. The van der Waals surface area contributed by atoms with Crippen LogP contribution < -0.4 is 15.5 Å². The van der Waals surface area contributed by atoms with E-state index < -0.39 is 59.7 Å². The molecule has 0 aromatic carbocycles. The van der Waals surface area contributed by atoms with Crippen molar-refractivity contribution in [3.63, 3.8) is 0 Å². The van der Waals surface area contributed by atoms with Gasteiger partial charge in [-0.2, -0.15) is 65.9 Å². The van der Waals surface area contributed by atoms with Gasteiger partial charge in [0.05, 0.1) is 12.0 Å². The molecule has 0 aliphatic rings. The Bertz CT molecular complexity index is 896. The number of nitrogens with one attached hydrogen (secondary N) is 1. The number of hydrogen-bond acceptors (Lipinski definition) is 5. The molecular weight excluding hydrogens is 631 g/mol. The van der Waals surface area contributed by atoms with Crippen molar-refractivity contribution in [2.75, 3.05) is 0 Å². The van der Waals surface area contributed by atoms with Gasteiger partial charge in [0.2, 0.25) is 5.91 Å². The standard InChI is InChI=1S/C11H21NO3.C8HF15O2.Mg/c1-4-6-7-9(5-2)10(13)12-8(3)11(14)15;9-2(10,1(24)25)3(11,12)4(13,14)5(15,16)6(17,18)7(19,20)8(21,22)23;/h8-9H,4-7H2,1-3H3,(H,12,13)(H,14,15);(H,24,25);/q;;+2/p-2. The van der Waals surface area contributed by atoms with Gasteiger partial charge in [0, 0.05) is 5.92 Å². The number of carbonyl (C=O) groups excluding carboxylic acids is 3. The number of amides is 1. The van der Waals surface area contributed by atoms with Crippen LogP contribution in [0, 0.1) is 5.92 Å². The van der Waals surface area contributed by atoms with E-state index in [9.17, 15) is 90.5 Å². The molecular formula is C19H20F15MgNO5. The second kappa shape index (κ2) is 14.5. The van der Waals surface area contributed by atoms with Crippen LogP contribution in [0.4, 0.5) is 65.9 Å². The molecule has 0 aliphatic carbocycles. The summed E-state index contributed by atoms with van der Waals surface area (Å²) < 4.78 is 186. The zero-order valence-electron chi connectivity index (χ0n) is 20.9. The molecule has 2 atom stereocenters. The zero-order valence-corrected chi connectivity index (χ0v) is 22.3. The molecule has 2 unspecified atom stereocenters. The summed E-state index contributed by atoms with van der Waals surface area (Å²) in [5, 5.41) is 22.5. The third kappa shape index (κ3) is 8.59. The van der Waals surface area contributed by atoms with Crippen molar-refractivity contribution in [1.82, 2.24) is 5.32 Å². The summed E-state index contributed by atoms with van der Waals surface area (Å²) in [5.41, 5.74) is 0. The van der Waals surface area contributed by atoms with Crippen LogP contribution in [-0.2, 0) is 14.4 Å². The summed E-state index contributed by atoms with van der Waals surface area (Å²) in [6.07, 6.45) is -4.11. The monoisotopic (exact) mass is 651 g/mol. The summed E-state index contributed by atoms with van der Waals surface area (Å²) in [6.45, 7) is 5.41. The SMILES string of the molecule is CCCCC(CC)C(=O)NC(C)C(=O)[O-].O=C([O-])C(F)(F)C(F)(F)C(F)(F)C(F)(F)C(F)(F)C(F)(F)C(F)(F)F.[Mg+2]. The van der Waals surface area contributed by atoms with Crippen LogP contribution in [0.15, 0.2) is 0 Å². The van der Waals surface area contributed by atoms with Gasteiger partial charge >= 0.3 is 64.8 Å². The molecule has 0 saturated heterocycles. The van der Waals surface area contributed by atoms with Crippen LogP contribution in [0.1, 0.15) is 46.5 Å². The third-order valence-electron chi connectivity index (χ3n) is 5.07. The van der Waals surface area contributed by atoms with Gasteiger partial charge in [-0.3, -0.25) is 4.79 Å². The smallest absolute Gasteiger partial charge is 0.548 e. The van der Waals surface area contributed by atoms with E-state index in [0.29, 0.717) is 0 Å². The van der Waals surface area contributed by atoms with Gasteiger partial charge in [0.15, 0.2) is 0 Å². The molecule has 0 aromatic rings. The molecule has 22 heteroatoms. The van der Waals surface area contributed by atoms with Crippen molar-refractivity contribution in [2.45, 2.75) is 94.2 Å². The minimum absolute atomic E-state index is 0. The van der Waals surface area contributed by atoms with Crippen LogP contribution in [0.5, 0.6) is 0 Å². The van der Waals surface area contributed by atoms with Gasteiger partial charge in [-0.1, -0.05) is 26.7 Å². The van der Waals surface area contributed by atoms with E-state index in [0.717, 1.165) is 25.7 Å². The summed E-state index contributed by atoms with van der Waals surface area (Å²) in [6, 6.07) is -0.909. The van der Waals surface area contributed by atoms with Crippen molar-refractivity contribution in [2.24, 2.45) is 5.92 Å². The molecule has 0 aromatic heterocycles.